The molecule has 0 fully saturated rings. The Balaban J connectivity index is 2.07. The molecule has 19 heavy (non-hydrogen) atoms. The van der Waals surface area contributed by atoms with Gasteiger partial charge in [-0.15, -0.1) is 0 Å². The van der Waals surface area contributed by atoms with Gasteiger partial charge < -0.3 is 11.1 Å². The fourth-order valence-corrected chi connectivity index (χ4v) is 2.14. The first-order chi connectivity index (χ1) is 9.06. The molecule has 3 nitrogen and oxygen atoms in total. The highest BCUT2D eigenvalue weighted by molar-refractivity contribution is 9.10. The molecule has 0 aromatic heterocycles. The third kappa shape index (κ3) is 3.72. The van der Waals surface area contributed by atoms with E-state index in [0.29, 0.717) is 17.1 Å². The summed E-state index contributed by atoms with van der Waals surface area (Å²) < 4.78 is 0.838. The van der Waals surface area contributed by atoms with Crippen LogP contribution in [0.2, 0.25) is 5.02 Å². The van der Waals surface area contributed by atoms with Crippen LogP contribution in [0.15, 0.2) is 46.9 Å². The fraction of sp³-hybridized carbons (Fsp3) is 0.0714. The zero-order chi connectivity index (χ0) is 13.8. The van der Waals surface area contributed by atoms with Gasteiger partial charge in [0.05, 0.1) is 5.02 Å². The molecule has 0 aliphatic heterocycles. The summed E-state index contributed by atoms with van der Waals surface area (Å²) in [6, 6.07) is 12.8. The van der Waals surface area contributed by atoms with Gasteiger partial charge in [-0.2, -0.15) is 0 Å². The summed E-state index contributed by atoms with van der Waals surface area (Å²) in [6.45, 7) is 0.606. The van der Waals surface area contributed by atoms with Gasteiger partial charge in [0.25, 0.3) is 0 Å². The largest absolute Gasteiger partial charge is 0.381 e. The molecule has 98 valence electrons. The minimum absolute atomic E-state index is 0.420. The fourth-order valence-electron chi connectivity index (χ4n) is 1.64. The van der Waals surface area contributed by atoms with Crippen LogP contribution >= 0.6 is 27.5 Å². The number of benzene rings is 2. The summed E-state index contributed by atoms with van der Waals surface area (Å²) in [5.41, 5.74) is 7.69. The molecule has 0 spiro atoms. The van der Waals surface area contributed by atoms with E-state index in [0.717, 1.165) is 15.7 Å². The topological polar surface area (TPSA) is 55.1 Å². The number of amides is 1. The van der Waals surface area contributed by atoms with Crippen molar-refractivity contribution in [1.29, 1.82) is 0 Å². The van der Waals surface area contributed by atoms with Gasteiger partial charge in [-0.05, 0) is 51.8 Å². The van der Waals surface area contributed by atoms with E-state index < -0.39 is 5.91 Å². The van der Waals surface area contributed by atoms with Gasteiger partial charge in [0.1, 0.15) is 0 Å². The summed E-state index contributed by atoms with van der Waals surface area (Å²) in [5.74, 6) is -0.420. The highest BCUT2D eigenvalue weighted by Gasteiger charge is 2.02. The third-order valence-electron chi connectivity index (χ3n) is 2.63. The van der Waals surface area contributed by atoms with Gasteiger partial charge in [0.15, 0.2) is 0 Å². The summed E-state index contributed by atoms with van der Waals surface area (Å²) in [6.07, 6.45) is 0. The second kappa shape index (κ2) is 6.08. The van der Waals surface area contributed by atoms with Crippen molar-refractivity contribution in [3.05, 3.63) is 63.1 Å². The molecule has 1 amide bonds. The van der Waals surface area contributed by atoms with Gasteiger partial charge in [-0.3, -0.25) is 4.79 Å². The molecule has 0 unspecified atom stereocenters. The van der Waals surface area contributed by atoms with Gasteiger partial charge in [-0.25, -0.2) is 0 Å². The highest BCUT2D eigenvalue weighted by atomic mass is 79.9. The van der Waals surface area contributed by atoms with Crippen LogP contribution in [0.5, 0.6) is 0 Å². The van der Waals surface area contributed by atoms with Crippen LogP contribution in [0.25, 0.3) is 0 Å². The van der Waals surface area contributed by atoms with Crippen molar-refractivity contribution in [2.75, 3.05) is 5.32 Å². The van der Waals surface area contributed by atoms with Crippen molar-refractivity contribution >= 4 is 39.1 Å². The summed E-state index contributed by atoms with van der Waals surface area (Å²) in [5, 5.41) is 3.92. The predicted octanol–water partition coefficient (Wildman–Crippen LogP) is 3.81. The van der Waals surface area contributed by atoms with E-state index in [1.54, 1.807) is 12.1 Å². The third-order valence-corrected chi connectivity index (χ3v) is 3.84. The first-order valence-corrected chi connectivity index (χ1v) is 6.81. The van der Waals surface area contributed by atoms with Crippen molar-refractivity contribution in [2.45, 2.75) is 6.54 Å². The lowest BCUT2D eigenvalue weighted by Gasteiger charge is -2.08. The van der Waals surface area contributed by atoms with Crippen LogP contribution in [0.4, 0.5) is 5.69 Å². The minimum atomic E-state index is -0.420. The Morgan fingerprint density at radius 3 is 2.74 bits per heavy atom. The number of hydrogen-bond donors (Lipinski definition) is 2. The molecule has 0 heterocycles. The molecule has 0 bridgehead atoms. The number of hydrogen-bond acceptors (Lipinski definition) is 2. The Kier molecular flexibility index (Phi) is 4.45. The Bertz CT molecular complexity index is 616. The van der Waals surface area contributed by atoms with Crippen LogP contribution in [-0.4, -0.2) is 5.91 Å². The van der Waals surface area contributed by atoms with E-state index in [2.05, 4.69) is 21.2 Å². The Hall–Kier alpha value is -1.52. The number of nitrogens with one attached hydrogen (secondary N) is 1. The van der Waals surface area contributed by atoms with Crippen molar-refractivity contribution in [1.82, 2.24) is 0 Å². The molecule has 0 saturated carbocycles. The van der Waals surface area contributed by atoms with Crippen molar-refractivity contribution in [2.24, 2.45) is 5.73 Å². The predicted molar refractivity (Wildman–Crippen MR) is 81.4 cm³/mol. The number of anilines is 1. The van der Waals surface area contributed by atoms with Crippen LogP contribution in [-0.2, 0) is 6.54 Å². The lowest BCUT2D eigenvalue weighted by Crippen LogP contribution is -2.11. The Morgan fingerprint density at radius 1 is 1.26 bits per heavy atom. The zero-order valence-electron chi connectivity index (χ0n) is 9.99. The number of primary amides is 1. The van der Waals surface area contributed by atoms with E-state index in [9.17, 15) is 4.79 Å². The lowest BCUT2D eigenvalue weighted by molar-refractivity contribution is 0.1000. The van der Waals surface area contributed by atoms with E-state index in [4.69, 9.17) is 17.3 Å². The Labute approximate surface area is 124 Å². The van der Waals surface area contributed by atoms with E-state index in [1.165, 1.54) is 0 Å². The average molecular weight is 340 g/mol. The molecule has 0 radical (unpaired) electrons. The van der Waals surface area contributed by atoms with Crippen LogP contribution in [0, 0.1) is 0 Å². The van der Waals surface area contributed by atoms with Gasteiger partial charge in [0.2, 0.25) is 5.91 Å². The Morgan fingerprint density at radius 2 is 2.05 bits per heavy atom. The van der Waals surface area contributed by atoms with Crippen molar-refractivity contribution < 1.29 is 4.79 Å². The monoisotopic (exact) mass is 338 g/mol. The number of halogens is 2. The number of carbonyl (C=O) groups is 1. The molecular formula is C14H12BrClN2O. The molecule has 5 heteroatoms. The first kappa shape index (κ1) is 13.9. The zero-order valence-corrected chi connectivity index (χ0v) is 12.3. The summed E-state index contributed by atoms with van der Waals surface area (Å²) >= 11 is 9.30. The number of rotatable bonds is 4. The molecule has 3 N–H and O–H groups in total. The average Bonchev–Trinajstić information content (AvgIpc) is 2.40. The molecule has 0 atom stereocenters. The van der Waals surface area contributed by atoms with Gasteiger partial charge >= 0.3 is 0 Å². The summed E-state index contributed by atoms with van der Waals surface area (Å²) in [7, 11) is 0. The molecule has 0 saturated heterocycles. The molecule has 0 aliphatic rings. The van der Waals surface area contributed by atoms with Crippen molar-refractivity contribution in [3.63, 3.8) is 0 Å². The SMILES string of the molecule is NC(=O)c1cccc(CNc2ccc(Cl)c(Br)c2)c1. The summed E-state index contributed by atoms with van der Waals surface area (Å²) in [4.78, 5) is 11.1. The second-order valence-corrected chi connectivity index (χ2v) is 5.31. The quantitative estimate of drug-likeness (QED) is 0.890. The maximum atomic E-state index is 11.1. The van der Waals surface area contributed by atoms with Crippen LogP contribution in [0.1, 0.15) is 15.9 Å². The molecular weight excluding hydrogens is 328 g/mol. The molecule has 0 aliphatic carbocycles. The molecule has 2 aromatic carbocycles. The van der Waals surface area contributed by atoms with E-state index >= 15 is 0 Å². The second-order valence-electron chi connectivity index (χ2n) is 4.05. The van der Waals surface area contributed by atoms with E-state index in [1.807, 2.05) is 30.3 Å². The normalized spacial score (nSPS) is 10.2. The first-order valence-electron chi connectivity index (χ1n) is 5.64. The molecule has 2 rings (SSSR count). The van der Waals surface area contributed by atoms with Gasteiger partial charge in [-0.1, -0.05) is 23.7 Å². The lowest BCUT2D eigenvalue weighted by atomic mass is 10.1. The maximum Gasteiger partial charge on any atom is 0.248 e. The highest BCUT2D eigenvalue weighted by Crippen LogP contribution is 2.25. The van der Waals surface area contributed by atoms with Crippen LogP contribution < -0.4 is 11.1 Å². The van der Waals surface area contributed by atoms with E-state index in [-0.39, 0.29) is 0 Å². The minimum Gasteiger partial charge on any atom is -0.381 e. The smallest absolute Gasteiger partial charge is 0.248 e. The van der Waals surface area contributed by atoms with Crippen molar-refractivity contribution in [3.8, 4) is 0 Å². The maximum absolute atomic E-state index is 11.1. The van der Waals surface area contributed by atoms with Gasteiger partial charge in [0, 0.05) is 22.3 Å². The van der Waals surface area contributed by atoms with Crippen LogP contribution in [0.3, 0.4) is 0 Å². The number of nitrogens with two attached hydrogens (primary N) is 1. The standard InChI is InChI=1S/C14H12BrClN2O/c15-12-7-11(4-5-13(12)16)18-8-9-2-1-3-10(6-9)14(17)19/h1-7,18H,8H2,(H2,17,19). The molecule has 2 aromatic rings. The number of carbonyl (C=O) groups excluding carboxylic acids is 1.